The number of aliphatic hydroxyl groups is 1. The molecule has 0 unspecified atom stereocenters. The fraction of sp³-hybridized carbons (Fsp3) is 0.579. The SMILES string of the molecule is CN1CCN([C@H]2CCN(C(=O)c3n[nH]c4ccccc34)CC[C@@H]2O)CC1. The van der Waals surface area contributed by atoms with E-state index in [4.69, 9.17) is 0 Å². The second-order valence-corrected chi connectivity index (χ2v) is 7.46. The van der Waals surface area contributed by atoms with E-state index in [2.05, 4.69) is 27.0 Å². The maximum atomic E-state index is 13.0. The van der Waals surface area contributed by atoms with Crippen LogP contribution in [0.3, 0.4) is 0 Å². The van der Waals surface area contributed by atoms with Crippen LogP contribution in [0.4, 0.5) is 0 Å². The smallest absolute Gasteiger partial charge is 0.274 e. The summed E-state index contributed by atoms with van der Waals surface area (Å²) in [5, 5.41) is 18.7. The number of likely N-dealkylation sites (tertiary alicyclic amines) is 1. The second kappa shape index (κ2) is 7.34. The Balaban J connectivity index is 1.46. The Hall–Kier alpha value is -1.96. The molecule has 0 bridgehead atoms. The van der Waals surface area contributed by atoms with Gasteiger partial charge in [-0.2, -0.15) is 5.10 Å². The minimum absolute atomic E-state index is 0.0475. The number of piperazine rings is 1. The zero-order chi connectivity index (χ0) is 18.1. The first-order chi connectivity index (χ1) is 12.6. The van der Waals surface area contributed by atoms with Gasteiger partial charge in [0.1, 0.15) is 0 Å². The summed E-state index contributed by atoms with van der Waals surface area (Å²) in [6, 6.07) is 7.83. The molecule has 2 saturated heterocycles. The van der Waals surface area contributed by atoms with Crippen LogP contribution in [0, 0.1) is 0 Å². The molecule has 1 amide bonds. The van der Waals surface area contributed by atoms with E-state index in [9.17, 15) is 9.90 Å². The number of carbonyl (C=O) groups excluding carboxylic acids is 1. The number of hydrogen-bond donors (Lipinski definition) is 2. The van der Waals surface area contributed by atoms with Crippen LogP contribution in [0.1, 0.15) is 23.3 Å². The van der Waals surface area contributed by atoms with Crippen LogP contribution in [0.15, 0.2) is 24.3 Å². The van der Waals surface area contributed by atoms with Gasteiger partial charge in [-0.15, -0.1) is 0 Å². The van der Waals surface area contributed by atoms with Gasteiger partial charge in [0.05, 0.1) is 11.6 Å². The number of fused-ring (bicyclic) bond motifs is 1. The average Bonchev–Trinajstić information content (AvgIpc) is 2.99. The van der Waals surface area contributed by atoms with E-state index < -0.39 is 0 Å². The number of benzene rings is 1. The number of aliphatic hydroxyl groups excluding tert-OH is 1. The summed E-state index contributed by atoms with van der Waals surface area (Å²) < 4.78 is 0. The molecule has 140 valence electrons. The van der Waals surface area contributed by atoms with Gasteiger partial charge in [-0.1, -0.05) is 18.2 Å². The van der Waals surface area contributed by atoms with Gasteiger partial charge in [0.15, 0.2) is 5.69 Å². The third-order valence-corrected chi connectivity index (χ3v) is 5.80. The van der Waals surface area contributed by atoms with Gasteiger partial charge in [-0.25, -0.2) is 0 Å². The highest BCUT2D eigenvalue weighted by molar-refractivity contribution is 6.04. The van der Waals surface area contributed by atoms with E-state index in [0.717, 1.165) is 43.5 Å². The van der Waals surface area contributed by atoms with Crippen LogP contribution in [0.25, 0.3) is 10.9 Å². The number of amides is 1. The summed E-state index contributed by atoms with van der Waals surface area (Å²) in [5.74, 6) is -0.0475. The molecule has 26 heavy (non-hydrogen) atoms. The molecule has 7 nitrogen and oxygen atoms in total. The lowest BCUT2D eigenvalue weighted by molar-refractivity contribution is 0.0224. The van der Waals surface area contributed by atoms with Crippen LogP contribution in [-0.4, -0.2) is 94.4 Å². The molecule has 3 heterocycles. The predicted octanol–water partition coefficient (Wildman–Crippen LogP) is 0.776. The Labute approximate surface area is 153 Å². The quantitative estimate of drug-likeness (QED) is 0.831. The molecule has 2 aromatic rings. The number of rotatable bonds is 2. The van der Waals surface area contributed by atoms with E-state index in [1.165, 1.54) is 0 Å². The number of aromatic nitrogens is 2. The Morgan fingerprint density at radius 3 is 2.65 bits per heavy atom. The Kier molecular flexibility index (Phi) is 4.93. The number of hydrogen-bond acceptors (Lipinski definition) is 5. The number of likely N-dealkylation sites (N-methyl/N-ethyl adjacent to an activating group) is 1. The molecule has 1 aromatic carbocycles. The maximum absolute atomic E-state index is 13.0. The van der Waals surface area contributed by atoms with Gasteiger partial charge < -0.3 is 14.9 Å². The van der Waals surface area contributed by atoms with Crippen LogP contribution < -0.4 is 0 Å². The zero-order valence-corrected chi connectivity index (χ0v) is 15.3. The molecule has 0 spiro atoms. The molecule has 1 aromatic heterocycles. The summed E-state index contributed by atoms with van der Waals surface area (Å²) in [4.78, 5) is 19.6. The molecular weight excluding hydrogens is 330 g/mol. The van der Waals surface area contributed by atoms with Crippen molar-refractivity contribution in [2.24, 2.45) is 0 Å². The van der Waals surface area contributed by atoms with Crippen molar-refractivity contribution in [3.05, 3.63) is 30.0 Å². The molecule has 2 N–H and O–H groups in total. The number of H-pyrrole nitrogens is 1. The predicted molar refractivity (Wildman–Crippen MR) is 100 cm³/mol. The largest absolute Gasteiger partial charge is 0.391 e. The number of carbonyl (C=O) groups is 1. The van der Waals surface area contributed by atoms with Gasteiger partial charge in [-0.05, 0) is 26.0 Å². The highest BCUT2D eigenvalue weighted by Crippen LogP contribution is 2.22. The van der Waals surface area contributed by atoms with Gasteiger partial charge in [0.2, 0.25) is 0 Å². The summed E-state index contributed by atoms with van der Waals surface area (Å²) >= 11 is 0. The van der Waals surface area contributed by atoms with E-state index in [1.807, 2.05) is 29.2 Å². The fourth-order valence-electron chi connectivity index (χ4n) is 4.13. The third-order valence-electron chi connectivity index (χ3n) is 5.80. The lowest BCUT2D eigenvalue weighted by Crippen LogP contribution is -2.52. The molecule has 0 radical (unpaired) electrons. The van der Waals surface area contributed by atoms with Gasteiger partial charge in [0.25, 0.3) is 5.91 Å². The molecule has 4 rings (SSSR count). The molecule has 2 fully saturated rings. The molecule has 0 saturated carbocycles. The van der Waals surface area contributed by atoms with Crippen LogP contribution >= 0.6 is 0 Å². The highest BCUT2D eigenvalue weighted by Gasteiger charge is 2.33. The molecule has 2 aliphatic rings. The molecule has 7 heteroatoms. The first kappa shape index (κ1) is 17.5. The summed E-state index contributed by atoms with van der Waals surface area (Å²) in [5.41, 5.74) is 1.36. The van der Waals surface area contributed by atoms with E-state index >= 15 is 0 Å². The Morgan fingerprint density at radius 1 is 1.12 bits per heavy atom. The van der Waals surface area contributed by atoms with E-state index in [-0.39, 0.29) is 18.1 Å². The van der Waals surface area contributed by atoms with Crippen molar-refractivity contribution < 1.29 is 9.90 Å². The third kappa shape index (κ3) is 3.34. The summed E-state index contributed by atoms with van der Waals surface area (Å²) in [7, 11) is 2.13. The lowest BCUT2D eigenvalue weighted by Gasteiger charge is -2.39. The van der Waals surface area contributed by atoms with E-state index in [1.54, 1.807) is 0 Å². The zero-order valence-electron chi connectivity index (χ0n) is 15.3. The fourth-order valence-corrected chi connectivity index (χ4v) is 4.13. The normalized spacial score (nSPS) is 26.2. The van der Waals surface area contributed by atoms with Crippen molar-refractivity contribution in [3.63, 3.8) is 0 Å². The van der Waals surface area contributed by atoms with Gasteiger partial charge in [-0.3, -0.25) is 14.8 Å². The lowest BCUT2D eigenvalue weighted by atomic mass is 10.0. The van der Waals surface area contributed by atoms with Crippen molar-refractivity contribution in [2.75, 3.05) is 46.3 Å². The van der Waals surface area contributed by atoms with E-state index in [0.29, 0.717) is 25.2 Å². The second-order valence-electron chi connectivity index (χ2n) is 7.46. The summed E-state index contributed by atoms with van der Waals surface area (Å²) in [6.07, 6.45) is 1.04. The van der Waals surface area contributed by atoms with Crippen LogP contribution in [-0.2, 0) is 0 Å². The minimum atomic E-state index is -0.382. The van der Waals surface area contributed by atoms with Crippen molar-refractivity contribution in [2.45, 2.75) is 25.0 Å². The maximum Gasteiger partial charge on any atom is 0.274 e. The number of nitrogens with zero attached hydrogens (tertiary/aromatic N) is 4. The first-order valence-electron chi connectivity index (χ1n) is 9.46. The van der Waals surface area contributed by atoms with Crippen molar-refractivity contribution in [1.29, 1.82) is 0 Å². The minimum Gasteiger partial charge on any atom is -0.391 e. The molecule has 0 aliphatic carbocycles. The number of para-hydroxylation sites is 1. The Morgan fingerprint density at radius 2 is 1.85 bits per heavy atom. The topological polar surface area (TPSA) is 75.7 Å². The monoisotopic (exact) mass is 357 g/mol. The standard InChI is InChI=1S/C19H27N5O2/c1-22-10-12-23(13-11-22)16-6-8-24(9-7-17(16)25)19(26)18-14-4-2-3-5-15(14)20-21-18/h2-5,16-17,25H,6-13H2,1H3,(H,20,21)/t16-,17-/m0/s1. The number of nitrogens with one attached hydrogen (secondary N) is 1. The van der Waals surface area contributed by atoms with Crippen LogP contribution in [0.2, 0.25) is 0 Å². The van der Waals surface area contributed by atoms with Crippen molar-refractivity contribution in [1.82, 2.24) is 24.9 Å². The molecule has 2 atom stereocenters. The van der Waals surface area contributed by atoms with Gasteiger partial charge >= 0.3 is 0 Å². The first-order valence-corrected chi connectivity index (χ1v) is 9.46. The molecular formula is C19H27N5O2. The Bertz CT molecular complexity index is 768. The molecule has 2 aliphatic heterocycles. The van der Waals surface area contributed by atoms with Crippen molar-refractivity contribution >= 4 is 16.8 Å². The summed E-state index contributed by atoms with van der Waals surface area (Å²) in [6.45, 7) is 5.27. The van der Waals surface area contributed by atoms with Gasteiger partial charge in [0, 0.05) is 50.7 Å². The van der Waals surface area contributed by atoms with Crippen molar-refractivity contribution in [3.8, 4) is 0 Å². The average molecular weight is 357 g/mol. The highest BCUT2D eigenvalue weighted by atomic mass is 16.3. The number of aromatic amines is 1. The van der Waals surface area contributed by atoms with Crippen LogP contribution in [0.5, 0.6) is 0 Å².